The zero-order valence-electron chi connectivity index (χ0n) is 76.6. The monoisotopic (exact) mass is 1730 g/mol. The third-order valence-electron chi connectivity index (χ3n) is 31.2. The van der Waals surface area contributed by atoms with E-state index in [0.717, 1.165) is 135 Å². The maximum atomic E-state index is 8.45. The Bertz CT molecular complexity index is 8250. The van der Waals surface area contributed by atoms with Gasteiger partial charge in [0.2, 0.25) is 0 Å². The molecule has 0 unspecified atom stereocenters. The van der Waals surface area contributed by atoms with E-state index in [1.165, 1.54) is 128 Å². The van der Waals surface area contributed by atoms with E-state index in [2.05, 4.69) is 499 Å². The number of rotatable bonds is 9. The summed E-state index contributed by atoms with van der Waals surface area (Å²) in [6, 6.07) is 170. The fourth-order valence-electron chi connectivity index (χ4n) is 25.5. The van der Waals surface area contributed by atoms with Gasteiger partial charge in [-0.05, 0) is 261 Å². The predicted molar refractivity (Wildman–Crippen MR) is 569 cm³/mol. The van der Waals surface area contributed by atoms with Gasteiger partial charge in [0, 0.05) is 68.1 Å². The van der Waals surface area contributed by atoms with Crippen LogP contribution in [0.4, 0.5) is 51.2 Å². The maximum absolute atomic E-state index is 8.45. The fraction of sp³-hybridized carbons (Fsp3) is 0.0769. The minimum absolute atomic E-state index is 0.218. The topological polar surface area (TPSA) is 19.0 Å². The van der Waals surface area contributed by atoms with E-state index >= 15 is 0 Å². The van der Waals surface area contributed by atoms with Crippen LogP contribution in [0.1, 0.15) is 97.2 Å². The molecule has 0 bridgehead atoms. The molecule has 0 saturated carbocycles. The number of anilines is 9. The van der Waals surface area contributed by atoms with E-state index in [4.69, 9.17) is 4.74 Å². The van der Waals surface area contributed by atoms with Crippen molar-refractivity contribution in [3.63, 3.8) is 0 Å². The third kappa shape index (κ3) is 10.9. The molecule has 2 spiro atoms. The molecule has 28 rings (SSSR count). The number of hydrogen-bond donors (Lipinski definition) is 0. The van der Waals surface area contributed by atoms with Crippen LogP contribution < -0.4 is 52.2 Å². The number of ether oxygens (including phenoxy) is 1. The second-order valence-corrected chi connectivity index (χ2v) is 40.2. The van der Waals surface area contributed by atoms with Crippen LogP contribution >= 0.6 is 0 Å². The van der Waals surface area contributed by atoms with Crippen molar-refractivity contribution in [3.8, 4) is 123 Å². The minimum Gasteiger partial charge on any atom is -0.458 e. The standard InChI is InChI=1S/C130H91B2N3O/c1-127(2,3)86-74-99(80-40-12-7-13-41-80)125(100(75-86)81-42-14-8-15-43-81)134-113-68-36-34-66-109(113)131-111-78-112-119(79-115(111)133(88-48-20-11-21-49-88)116-70-84(71-117(134)123(116)131)89-56-38-58-97-95-54-26-32-64-107(95)129(121(89)97)103-60-28-22-50-91(103)92-51-23-29-61-104(92)129)136-120-73-85(90-57-39-59-98-96-55-27-33-65-108(96)130(122(90)98)105-62-30-24-52-93(105)94-53-25-31-63-106(94)130)72-118-124(120)132(112)110-67-35-37-69-114(110)135(118)126-101(82-44-16-9-17-45-82)76-87(128(4,5)6)77-102(126)83-46-18-10-19-47-83/h7-79H,1-6H3. The first-order valence-electron chi connectivity index (χ1n) is 48.1. The molecule has 0 N–H and O–H groups in total. The van der Waals surface area contributed by atoms with Gasteiger partial charge in [0.05, 0.1) is 22.2 Å². The lowest BCUT2D eigenvalue weighted by Gasteiger charge is -2.46. The summed E-state index contributed by atoms with van der Waals surface area (Å²) in [7, 11) is 0. The average molecular weight is 1730 g/mol. The number of fused-ring (bicyclic) bond motifs is 28. The van der Waals surface area contributed by atoms with Crippen LogP contribution in [0.2, 0.25) is 0 Å². The van der Waals surface area contributed by atoms with E-state index in [-0.39, 0.29) is 24.3 Å². The van der Waals surface area contributed by atoms with Gasteiger partial charge in [-0.25, -0.2) is 0 Å². The Morgan fingerprint density at radius 3 is 0.890 bits per heavy atom. The van der Waals surface area contributed by atoms with Crippen LogP contribution in [0.3, 0.4) is 0 Å². The normalized spacial score (nSPS) is 14.2. The molecule has 0 aromatic heterocycles. The molecule has 8 aliphatic rings. The van der Waals surface area contributed by atoms with Gasteiger partial charge >= 0.3 is 0 Å². The lowest BCUT2D eigenvalue weighted by Crippen LogP contribution is -2.64. The van der Waals surface area contributed by atoms with Crippen LogP contribution in [0.5, 0.6) is 11.5 Å². The quantitative estimate of drug-likeness (QED) is 0.134. The van der Waals surface area contributed by atoms with Crippen molar-refractivity contribution in [1.82, 2.24) is 0 Å². The molecule has 20 aromatic rings. The van der Waals surface area contributed by atoms with Crippen molar-refractivity contribution in [2.45, 2.75) is 63.2 Å². The van der Waals surface area contributed by atoms with Crippen molar-refractivity contribution in [1.29, 1.82) is 0 Å². The molecule has 0 amide bonds. The number of nitrogens with zero attached hydrogens (tertiary/aromatic N) is 3. The molecule has 4 aliphatic heterocycles. The highest BCUT2D eigenvalue weighted by molar-refractivity contribution is 7.02. The third-order valence-corrected chi connectivity index (χ3v) is 31.2. The van der Waals surface area contributed by atoms with Gasteiger partial charge in [-0.1, -0.05) is 406 Å². The van der Waals surface area contributed by atoms with Gasteiger partial charge in [0.25, 0.3) is 13.4 Å². The summed E-state index contributed by atoms with van der Waals surface area (Å²) in [4.78, 5) is 8.02. The van der Waals surface area contributed by atoms with Crippen molar-refractivity contribution < 1.29 is 4.74 Å². The molecule has 638 valence electrons. The number of hydrogen-bond acceptors (Lipinski definition) is 4. The second-order valence-electron chi connectivity index (χ2n) is 40.2. The number of benzene rings is 20. The highest BCUT2D eigenvalue weighted by Gasteiger charge is 2.57. The molecule has 4 aliphatic carbocycles. The maximum Gasteiger partial charge on any atom is 0.256 e. The lowest BCUT2D eigenvalue weighted by molar-refractivity contribution is 0.488. The SMILES string of the molecule is CC(C)(C)c1cc(-c2ccccc2)c(N2c3ccccc3B3c4cc5c(cc4Oc4cc(-c6cccc7c6C6(c8ccccc8-c8ccccc86)c6ccccc6-7)cc2c43)N(c2ccccc2)c2cc(-c3cccc4c3C3(c6ccccc6-c6ccccc63)c3ccccc3-4)cc3c2B5c2ccccc2N3c2c(-c3ccccc3)cc(C(C)(C)C)cc2-c2ccccc2)c(-c2ccccc2)c1. The van der Waals surface area contributed by atoms with Crippen molar-refractivity contribution >= 4 is 97.4 Å². The molecular formula is C130H91B2N3O. The van der Waals surface area contributed by atoms with E-state index in [1.807, 2.05) is 0 Å². The number of para-hydroxylation sites is 3. The largest absolute Gasteiger partial charge is 0.458 e. The first kappa shape index (κ1) is 78.4. The Balaban J connectivity index is 0.747. The van der Waals surface area contributed by atoms with Gasteiger partial charge in [0.15, 0.2) is 0 Å². The van der Waals surface area contributed by atoms with Crippen molar-refractivity contribution in [3.05, 3.63) is 498 Å². The van der Waals surface area contributed by atoms with Crippen LogP contribution in [0, 0.1) is 0 Å². The Hall–Kier alpha value is -16.3. The average Bonchev–Trinajstić information content (AvgIpc) is 1.45. The Morgan fingerprint density at radius 1 is 0.206 bits per heavy atom. The summed E-state index contributed by atoms with van der Waals surface area (Å²) in [5.74, 6) is 1.64. The highest BCUT2D eigenvalue weighted by Crippen LogP contribution is 2.68. The van der Waals surface area contributed by atoms with E-state index in [0.29, 0.717) is 0 Å². The molecule has 20 aromatic carbocycles. The molecule has 0 saturated heterocycles. The van der Waals surface area contributed by atoms with E-state index < -0.39 is 10.8 Å². The molecule has 4 nitrogen and oxygen atoms in total. The summed E-state index contributed by atoms with van der Waals surface area (Å²) in [5, 5.41) is 0. The highest BCUT2D eigenvalue weighted by atomic mass is 16.5. The molecule has 0 radical (unpaired) electrons. The van der Waals surface area contributed by atoms with Gasteiger partial charge in [-0.3, -0.25) is 0 Å². The Morgan fingerprint density at radius 2 is 0.507 bits per heavy atom. The minimum atomic E-state index is -0.667. The van der Waals surface area contributed by atoms with Crippen LogP contribution in [-0.2, 0) is 21.7 Å². The lowest BCUT2D eigenvalue weighted by atomic mass is 9.30. The van der Waals surface area contributed by atoms with Gasteiger partial charge in [-0.15, -0.1) is 0 Å². The molecule has 6 heteroatoms. The van der Waals surface area contributed by atoms with Crippen LogP contribution in [-0.4, -0.2) is 13.4 Å². The van der Waals surface area contributed by atoms with Gasteiger partial charge in [0.1, 0.15) is 11.5 Å². The summed E-state index contributed by atoms with van der Waals surface area (Å²) in [5.41, 5.74) is 51.8. The first-order chi connectivity index (χ1) is 66.8. The Labute approximate surface area is 795 Å². The first-order valence-corrected chi connectivity index (χ1v) is 48.1. The fourth-order valence-corrected chi connectivity index (χ4v) is 25.5. The molecule has 4 heterocycles. The zero-order valence-corrected chi connectivity index (χ0v) is 76.6. The molecule has 0 fully saturated rings. The zero-order chi connectivity index (χ0) is 90.3. The molecular weight excluding hydrogens is 1640 g/mol. The van der Waals surface area contributed by atoms with Crippen LogP contribution in [0.25, 0.3) is 111 Å². The summed E-state index contributed by atoms with van der Waals surface area (Å²) in [6.07, 6.45) is 0. The van der Waals surface area contributed by atoms with E-state index in [9.17, 15) is 0 Å². The summed E-state index contributed by atoms with van der Waals surface area (Å²) in [6.45, 7) is 13.5. The van der Waals surface area contributed by atoms with Crippen molar-refractivity contribution in [2.24, 2.45) is 0 Å². The van der Waals surface area contributed by atoms with Gasteiger partial charge in [-0.2, -0.15) is 0 Å². The summed E-state index contributed by atoms with van der Waals surface area (Å²) < 4.78 is 8.45. The van der Waals surface area contributed by atoms with Crippen LogP contribution in [0.15, 0.2) is 443 Å². The van der Waals surface area contributed by atoms with E-state index in [1.54, 1.807) is 0 Å². The summed E-state index contributed by atoms with van der Waals surface area (Å²) >= 11 is 0. The molecule has 136 heavy (non-hydrogen) atoms. The smallest absolute Gasteiger partial charge is 0.256 e. The Kier molecular flexibility index (Phi) is 16.8. The second kappa shape index (κ2) is 29.1. The predicted octanol–water partition coefficient (Wildman–Crippen LogP) is 29.5. The molecule has 0 atom stereocenters. The van der Waals surface area contributed by atoms with Crippen molar-refractivity contribution in [2.75, 3.05) is 14.7 Å². The van der Waals surface area contributed by atoms with Gasteiger partial charge < -0.3 is 19.4 Å².